The van der Waals surface area contributed by atoms with Crippen LogP contribution in [0.3, 0.4) is 0 Å². The Bertz CT molecular complexity index is 488. The Balaban J connectivity index is 2.88. The van der Waals surface area contributed by atoms with Crippen LogP contribution in [0.1, 0.15) is 10.4 Å². The highest BCUT2D eigenvalue weighted by Crippen LogP contribution is 2.37. The van der Waals surface area contributed by atoms with Crippen molar-refractivity contribution in [1.82, 2.24) is 0 Å². The number of thiol groups is 1. The minimum atomic E-state index is 0.649. The van der Waals surface area contributed by atoms with E-state index < -0.39 is 0 Å². The summed E-state index contributed by atoms with van der Waals surface area (Å²) >= 11 is 5.86. The van der Waals surface area contributed by atoms with Gasteiger partial charge in [-0.3, -0.25) is 4.79 Å². The van der Waals surface area contributed by atoms with E-state index in [4.69, 9.17) is 4.74 Å². The zero-order chi connectivity index (χ0) is 10.1. The van der Waals surface area contributed by atoms with Crippen molar-refractivity contribution < 1.29 is 9.53 Å². The van der Waals surface area contributed by atoms with Crippen molar-refractivity contribution >= 4 is 40.3 Å². The molecule has 1 heterocycles. The maximum absolute atomic E-state index is 10.8. The molecule has 0 aliphatic carbocycles. The van der Waals surface area contributed by atoms with Gasteiger partial charge in [0.25, 0.3) is 0 Å². The number of hydrogen-bond donors (Lipinski definition) is 1. The van der Waals surface area contributed by atoms with E-state index in [1.807, 2.05) is 11.4 Å². The molecule has 2 rings (SSSR count). The maximum atomic E-state index is 10.8. The number of rotatable bonds is 2. The summed E-state index contributed by atoms with van der Waals surface area (Å²) in [5.41, 5.74) is 0.649. The quantitative estimate of drug-likeness (QED) is 0.627. The van der Waals surface area contributed by atoms with E-state index in [0.29, 0.717) is 5.56 Å². The van der Waals surface area contributed by atoms with E-state index in [2.05, 4.69) is 12.6 Å². The van der Waals surface area contributed by atoms with Crippen molar-refractivity contribution in [3.05, 3.63) is 23.1 Å². The number of carbonyl (C=O) groups excluding carboxylic acids is 1. The lowest BCUT2D eigenvalue weighted by molar-refractivity contribution is 0.112. The maximum Gasteiger partial charge on any atom is 0.150 e. The minimum absolute atomic E-state index is 0.649. The average Bonchev–Trinajstić information content (AvgIpc) is 2.63. The number of carbonyl (C=O) groups is 1. The molecule has 0 saturated heterocycles. The zero-order valence-electron chi connectivity index (χ0n) is 7.48. The molecular weight excluding hydrogens is 216 g/mol. The molecule has 0 spiro atoms. The zero-order valence-corrected chi connectivity index (χ0v) is 9.19. The van der Waals surface area contributed by atoms with E-state index in [1.165, 1.54) is 11.3 Å². The monoisotopic (exact) mass is 224 g/mol. The van der Waals surface area contributed by atoms with Crippen LogP contribution in [0.15, 0.2) is 22.4 Å². The number of thiophene rings is 1. The van der Waals surface area contributed by atoms with E-state index in [1.54, 1.807) is 13.2 Å². The fourth-order valence-electron chi connectivity index (χ4n) is 1.38. The molecule has 0 aliphatic rings. The predicted molar refractivity (Wildman–Crippen MR) is 61.0 cm³/mol. The summed E-state index contributed by atoms with van der Waals surface area (Å²) in [6, 6.07) is 3.58. The Morgan fingerprint density at radius 1 is 1.50 bits per heavy atom. The molecule has 2 aromatic rings. The summed E-state index contributed by atoms with van der Waals surface area (Å²) in [6.07, 6.45) is 0.838. The van der Waals surface area contributed by atoms with Crippen molar-refractivity contribution in [2.45, 2.75) is 4.90 Å². The molecule has 4 heteroatoms. The predicted octanol–water partition coefficient (Wildman–Crippen LogP) is 3.01. The normalized spacial score (nSPS) is 10.4. The minimum Gasteiger partial charge on any atom is -0.495 e. The lowest BCUT2D eigenvalue weighted by Crippen LogP contribution is -1.85. The van der Waals surface area contributed by atoms with Crippen molar-refractivity contribution in [1.29, 1.82) is 0 Å². The number of aldehydes is 1. The topological polar surface area (TPSA) is 26.3 Å². The average molecular weight is 224 g/mol. The van der Waals surface area contributed by atoms with Crippen LogP contribution in [0.5, 0.6) is 5.75 Å². The fraction of sp³-hybridized carbons (Fsp3) is 0.100. The van der Waals surface area contributed by atoms with Crippen molar-refractivity contribution in [2.24, 2.45) is 0 Å². The van der Waals surface area contributed by atoms with Gasteiger partial charge in [0.05, 0.1) is 11.8 Å². The van der Waals surface area contributed by atoms with E-state index in [-0.39, 0.29) is 0 Å². The van der Waals surface area contributed by atoms with E-state index >= 15 is 0 Å². The first-order valence-corrected chi connectivity index (χ1v) is 5.33. The Morgan fingerprint density at radius 2 is 2.29 bits per heavy atom. The van der Waals surface area contributed by atoms with Crippen LogP contribution in [0.2, 0.25) is 0 Å². The first kappa shape index (κ1) is 9.55. The molecule has 0 bridgehead atoms. The summed E-state index contributed by atoms with van der Waals surface area (Å²) in [6.45, 7) is 0. The van der Waals surface area contributed by atoms with Crippen LogP contribution >= 0.6 is 24.0 Å². The van der Waals surface area contributed by atoms with Gasteiger partial charge in [-0.2, -0.15) is 0 Å². The van der Waals surface area contributed by atoms with Gasteiger partial charge in [0.1, 0.15) is 5.75 Å². The van der Waals surface area contributed by atoms with E-state index in [9.17, 15) is 4.79 Å². The second-order valence-electron chi connectivity index (χ2n) is 2.80. The molecule has 0 saturated carbocycles. The van der Waals surface area contributed by atoms with Crippen LogP contribution in [-0.2, 0) is 0 Å². The summed E-state index contributed by atoms with van der Waals surface area (Å²) in [5, 5.41) is 2.75. The number of benzene rings is 1. The van der Waals surface area contributed by atoms with Gasteiger partial charge in [0.15, 0.2) is 6.29 Å². The van der Waals surface area contributed by atoms with Gasteiger partial charge in [0, 0.05) is 21.2 Å². The lowest BCUT2D eigenvalue weighted by Gasteiger charge is -2.01. The Labute approximate surface area is 90.9 Å². The van der Waals surface area contributed by atoms with Crippen LogP contribution < -0.4 is 4.74 Å². The largest absolute Gasteiger partial charge is 0.495 e. The Hall–Kier alpha value is -1.00. The number of ether oxygens (including phenoxy) is 1. The summed E-state index contributed by atoms with van der Waals surface area (Å²) in [4.78, 5) is 11.7. The molecule has 1 aromatic heterocycles. The standard InChI is InChI=1S/C10H8O2S2/c1-12-7-5-14-10-8(13)3-2-6(4-11)9(7)10/h2-5,13H,1H3. The molecule has 2 nitrogen and oxygen atoms in total. The molecule has 0 amide bonds. The lowest BCUT2D eigenvalue weighted by atomic mass is 10.1. The van der Waals surface area contributed by atoms with Crippen molar-refractivity contribution in [3.8, 4) is 5.75 Å². The molecule has 0 aliphatic heterocycles. The molecule has 1 aromatic carbocycles. The highest BCUT2D eigenvalue weighted by Gasteiger charge is 2.10. The molecule has 0 fully saturated rings. The second kappa shape index (κ2) is 3.63. The van der Waals surface area contributed by atoms with Crippen LogP contribution in [-0.4, -0.2) is 13.4 Å². The summed E-state index contributed by atoms with van der Waals surface area (Å²) in [5.74, 6) is 0.739. The summed E-state index contributed by atoms with van der Waals surface area (Å²) < 4.78 is 6.18. The van der Waals surface area contributed by atoms with Gasteiger partial charge in [-0.25, -0.2) is 0 Å². The molecule has 0 unspecified atom stereocenters. The van der Waals surface area contributed by atoms with Gasteiger partial charge in [0.2, 0.25) is 0 Å². The third-order valence-electron chi connectivity index (χ3n) is 2.05. The van der Waals surface area contributed by atoms with Crippen molar-refractivity contribution in [3.63, 3.8) is 0 Å². The molecule has 0 N–H and O–H groups in total. The Morgan fingerprint density at radius 3 is 2.93 bits per heavy atom. The molecular formula is C10H8O2S2. The first-order chi connectivity index (χ1) is 6.77. The molecule has 14 heavy (non-hydrogen) atoms. The smallest absolute Gasteiger partial charge is 0.150 e. The molecule has 0 radical (unpaired) electrons. The first-order valence-electron chi connectivity index (χ1n) is 4.00. The number of methoxy groups -OCH3 is 1. The van der Waals surface area contributed by atoms with Crippen LogP contribution in [0.4, 0.5) is 0 Å². The van der Waals surface area contributed by atoms with Gasteiger partial charge >= 0.3 is 0 Å². The highest BCUT2D eigenvalue weighted by atomic mass is 32.1. The summed E-state index contributed by atoms with van der Waals surface area (Å²) in [7, 11) is 1.60. The third-order valence-corrected chi connectivity index (χ3v) is 3.56. The van der Waals surface area contributed by atoms with Gasteiger partial charge in [-0.15, -0.1) is 24.0 Å². The number of fused-ring (bicyclic) bond motifs is 1. The molecule has 0 atom stereocenters. The fourth-order valence-corrected chi connectivity index (χ4v) is 2.69. The second-order valence-corrected chi connectivity index (χ2v) is 4.16. The highest BCUT2D eigenvalue weighted by molar-refractivity contribution is 7.80. The van der Waals surface area contributed by atoms with Crippen LogP contribution in [0.25, 0.3) is 10.1 Å². The SMILES string of the molecule is COc1csc2c(S)ccc(C=O)c12. The van der Waals surface area contributed by atoms with Gasteiger partial charge in [-0.05, 0) is 12.1 Å². The number of hydrogen-bond acceptors (Lipinski definition) is 4. The van der Waals surface area contributed by atoms with Gasteiger partial charge < -0.3 is 4.74 Å². The van der Waals surface area contributed by atoms with E-state index in [0.717, 1.165) is 27.0 Å². The Kier molecular flexibility index (Phi) is 2.48. The van der Waals surface area contributed by atoms with Crippen molar-refractivity contribution in [2.75, 3.05) is 7.11 Å². The molecule has 72 valence electrons. The van der Waals surface area contributed by atoms with Crippen LogP contribution in [0, 0.1) is 0 Å². The van der Waals surface area contributed by atoms with Gasteiger partial charge in [-0.1, -0.05) is 0 Å². The third kappa shape index (κ3) is 1.31.